The lowest BCUT2D eigenvalue weighted by Crippen LogP contribution is -2.25. The Hall–Kier alpha value is -1.37. The fourth-order valence-electron chi connectivity index (χ4n) is 2.96. The Kier molecular flexibility index (Phi) is 6.19. The average molecular weight is 272 g/mol. The summed E-state index contributed by atoms with van der Waals surface area (Å²) in [6, 6.07) is 0. The monoisotopic (exact) mass is 272 g/mol. The van der Waals surface area contributed by atoms with Crippen molar-refractivity contribution < 1.29 is 4.79 Å². The van der Waals surface area contributed by atoms with E-state index in [1.54, 1.807) is 11.6 Å². The van der Waals surface area contributed by atoms with E-state index < -0.39 is 0 Å². The minimum Gasteiger partial charge on any atom is -0.299 e. The molecule has 0 radical (unpaired) electrons. The van der Waals surface area contributed by atoms with Crippen molar-refractivity contribution in [3.8, 4) is 0 Å². The van der Waals surface area contributed by atoms with Gasteiger partial charge < -0.3 is 0 Å². The molecule has 1 heteroatoms. The number of hydrogen-bond donors (Lipinski definition) is 0. The maximum Gasteiger partial charge on any atom is 0.143 e. The van der Waals surface area contributed by atoms with Crippen molar-refractivity contribution in [1.82, 2.24) is 0 Å². The molecule has 1 saturated carbocycles. The van der Waals surface area contributed by atoms with Crippen LogP contribution in [0, 0.1) is 11.3 Å². The third-order valence-electron chi connectivity index (χ3n) is 4.18. The first-order valence-electron chi connectivity index (χ1n) is 7.56. The van der Waals surface area contributed by atoms with Gasteiger partial charge >= 0.3 is 0 Å². The van der Waals surface area contributed by atoms with Crippen molar-refractivity contribution in [2.24, 2.45) is 11.3 Å². The number of rotatable bonds is 4. The van der Waals surface area contributed by atoms with Gasteiger partial charge in [-0.2, -0.15) is 0 Å². The predicted molar refractivity (Wildman–Crippen MR) is 87.6 cm³/mol. The first-order valence-corrected chi connectivity index (χ1v) is 7.56. The predicted octanol–water partition coefficient (Wildman–Crippen LogP) is 5.41. The van der Waals surface area contributed by atoms with Crippen molar-refractivity contribution in [2.75, 3.05) is 0 Å². The molecular formula is C19H28O. The third kappa shape index (κ3) is 4.96. The van der Waals surface area contributed by atoms with Gasteiger partial charge in [-0.25, -0.2) is 0 Å². The highest BCUT2D eigenvalue weighted by Crippen LogP contribution is 2.43. The van der Waals surface area contributed by atoms with Crippen LogP contribution in [0.5, 0.6) is 0 Å². The quantitative estimate of drug-likeness (QED) is 0.380. The molecule has 1 nitrogen and oxygen atoms in total. The molecule has 1 aliphatic rings. The SMILES string of the molecule is CC(=C/C=O)/C=C/C=C(C)/C=C1\C(C)CCCC1(C)C. The van der Waals surface area contributed by atoms with Gasteiger partial charge in [0, 0.05) is 0 Å². The first-order chi connectivity index (χ1) is 9.36. The third-order valence-corrected chi connectivity index (χ3v) is 4.18. The topological polar surface area (TPSA) is 17.1 Å². The second-order valence-corrected chi connectivity index (χ2v) is 6.59. The van der Waals surface area contributed by atoms with E-state index in [0.29, 0.717) is 11.3 Å². The largest absolute Gasteiger partial charge is 0.299 e. The van der Waals surface area contributed by atoms with Gasteiger partial charge in [0.25, 0.3) is 0 Å². The lowest BCUT2D eigenvalue weighted by atomic mass is 9.68. The zero-order valence-electron chi connectivity index (χ0n) is 13.6. The van der Waals surface area contributed by atoms with E-state index in [0.717, 1.165) is 11.9 Å². The maximum absolute atomic E-state index is 10.3. The van der Waals surface area contributed by atoms with Crippen LogP contribution in [0.1, 0.15) is 53.9 Å². The molecular weight excluding hydrogens is 244 g/mol. The second-order valence-electron chi connectivity index (χ2n) is 6.59. The van der Waals surface area contributed by atoms with Gasteiger partial charge in [0.2, 0.25) is 0 Å². The Morgan fingerprint density at radius 3 is 2.50 bits per heavy atom. The molecule has 0 aliphatic heterocycles. The fraction of sp³-hybridized carbons (Fsp3) is 0.526. The van der Waals surface area contributed by atoms with Gasteiger partial charge in [0.05, 0.1) is 0 Å². The van der Waals surface area contributed by atoms with Gasteiger partial charge in [-0.1, -0.05) is 62.6 Å². The highest BCUT2D eigenvalue weighted by molar-refractivity contribution is 5.66. The van der Waals surface area contributed by atoms with E-state index in [9.17, 15) is 4.79 Å². The van der Waals surface area contributed by atoms with E-state index in [4.69, 9.17) is 0 Å². The molecule has 1 rings (SSSR count). The van der Waals surface area contributed by atoms with Crippen LogP contribution in [0.15, 0.2) is 47.1 Å². The normalized spacial score (nSPS) is 26.2. The Morgan fingerprint density at radius 1 is 1.20 bits per heavy atom. The minimum absolute atomic E-state index is 0.323. The van der Waals surface area contributed by atoms with Crippen LogP contribution in [0.25, 0.3) is 0 Å². The molecule has 0 saturated heterocycles. The van der Waals surface area contributed by atoms with Crippen molar-refractivity contribution in [1.29, 1.82) is 0 Å². The Labute approximate surface area is 124 Å². The highest BCUT2D eigenvalue weighted by Gasteiger charge is 2.30. The average Bonchev–Trinajstić information content (AvgIpc) is 2.34. The fourth-order valence-corrected chi connectivity index (χ4v) is 2.96. The second kappa shape index (κ2) is 7.42. The molecule has 0 aromatic heterocycles. The van der Waals surface area contributed by atoms with Crippen LogP contribution in [0.3, 0.4) is 0 Å². The van der Waals surface area contributed by atoms with Crippen LogP contribution in [0.4, 0.5) is 0 Å². The number of aldehydes is 1. The van der Waals surface area contributed by atoms with Gasteiger partial charge in [0.15, 0.2) is 0 Å². The molecule has 20 heavy (non-hydrogen) atoms. The highest BCUT2D eigenvalue weighted by atomic mass is 16.1. The summed E-state index contributed by atoms with van der Waals surface area (Å²) in [5, 5.41) is 0. The Bertz CT molecular complexity index is 458. The number of carbonyl (C=O) groups is 1. The number of carbonyl (C=O) groups excluding carboxylic acids is 1. The van der Waals surface area contributed by atoms with E-state index >= 15 is 0 Å². The molecule has 0 aromatic rings. The molecule has 0 amide bonds. The standard InChI is InChI=1S/C19H28O/c1-15(11-13-20)8-6-9-16(2)14-18-17(3)10-7-12-19(18,4)5/h6,8-9,11,13-14,17H,7,10,12H2,1-5H3/b8-6+,15-11-,16-9+,18-14+. The zero-order chi connectivity index (χ0) is 15.2. The van der Waals surface area contributed by atoms with Gasteiger partial charge in [0.1, 0.15) is 6.29 Å². The maximum atomic E-state index is 10.3. The van der Waals surface area contributed by atoms with Crippen molar-refractivity contribution >= 4 is 6.29 Å². The summed E-state index contributed by atoms with van der Waals surface area (Å²) in [6.45, 7) is 11.1. The number of allylic oxidation sites excluding steroid dienone is 8. The van der Waals surface area contributed by atoms with Crippen LogP contribution in [-0.2, 0) is 4.79 Å². The Morgan fingerprint density at radius 2 is 1.90 bits per heavy atom. The molecule has 1 fully saturated rings. The van der Waals surface area contributed by atoms with Crippen molar-refractivity contribution in [2.45, 2.75) is 53.9 Å². The summed E-state index contributed by atoms with van der Waals surface area (Å²) < 4.78 is 0. The molecule has 1 unspecified atom stereocenters. The van der Waals surface area contributed by atoms with E-state index in [2.05, 4.69) is 39.8 Å². The number of hydrogen-bond acceptors (Lipinski definition) is 1. The summed E-state index contributed by atoms with van der Waals surface area (Å²) in [4.78, 5) is 10.3. The zero-order valence-corrected chi connectivity index (χ0v) is 13.6. The summed E-state index contributed by atoms with van der Waals surface area (Å²) in [5.74, 6) is 0.683. The summed E-state index contributed by atoms with van der Waals surface area (Å²) in [5.41, 5.74) is 4.15. The lowest BCUT2D eigenvalue weighted by Gasteiger charge is -2.37. The van der Waals surface area contributed by atoms with E-state index in [1.807, 2.05) is 19.1 Å². The van der Waals surface area contributed by atoms with Crippen molar-refractivity contribution in [3.63, 3.8) is 0 Å². The molecule has 1 aliphatic carbocycles. The molecule has 0 bridgehead atoms. The van der Waals surface area contributed by atoms with E-state index in [1.165, 1.54) is 24.8 Å². The molecule has 0 N–H and O–H groups in total. The van der Waals surface area contributed by atoms with Crippen LogP contribution in [0.2, 0.25) is 0 Å². The first kappa shape index (κ1) is 16.7. The minimum atomic E-state index is 0.323. The molecule has 0 spiro atoms. The summed E-state index contributed by atoms with van der Waals surface area (Å²) in [7, 11) is 0. The molecule has 0 aromatic carbocycles. The molecule has 110 valence electrons. The van der Waals surface area contributed by atoms with Crippen LogP contribution >= 0.6 is 0 Å². The van der Waals surface area contributed by atoms with Crippen LogP contribution < -0.4 is 0 Å². The Balaban J connectivity index is 2.85. The van der Waals surface area contributed by atoms with Gasteiger partial charge in [-0.3, -0.25) is 4.79 Å². The van der Waals surface area contributed by atoms with Crippen molar-refractivity contribution in [3.05, 3.63) is 47.1 Å². The summed E-state index contributed by atoms with van der Waals surface area (Å²) >= 11 is 0. The summed E-state index contributed by atoms with van der Waals surface area (Å²) in [6.07, 6.45) is 14.8. The van der Waals surface area contributed by atoms with E-state index in [-0.39, 0.29) is 0 Å². The van der Waals surface area contributed by atoms with Gasteiger partial charge in [-0.05, 0) is 49.7 Å². The molecule has 0 heterocycles. The van der Waals surface area contributed by atoms with Crippen LogP contribution in [-0.4, -0.2) is 6.29 Å². The smallest absolute Gasteiger partial charge is 0.143 e. The molecule has 1 atom stereocenters. The lowest BCUT2D eigenvalue weighted by molar-refractivity contribution is -0.104. The van der Waals surface area contributed by atoms with Gasteiger partial charge in [-0.15, -0.1) is 0 Å².